The van der Waals surface area contributed by atoms with E-state index in [1.165, 1.54) is 6.66 Å². The molecule has 34 heavy (non-hydrogen) atoms. The molecule has 0 amide bonds. The molecule has 1 N–H and O–H groups in total. The Morgan fingerprint density at radius 1 is 0.765 bits per heavy atom. The Hall–Kier alpha value is -2.75. The molecule has 0 spiro atoms. The van der Waals surface area contributed by atoms with Crippen LogP contribution in [0.4, 0.5) is 0 Å². The van der Waals surface area contributed by atoms with Gasteiger partial charge in [-0.25, -0.2) is 4.57 Å². The second-order valence-corrected chi connectivity index (χ2v) is 11.7. The fraction of sp³-hybridized carbons (Fsp3) is 0.357. The third-order valence-corrected chi connectivity index (χ3v) is 7.24. The summed E-state index contributed by atoms with van der Waals surface area (Å²) in [5.41, 5.74) is 8.87. The van der Waals surface area contributed by atoms with Crippen molar-refractivity contribution in [3.63, 3.8) is 0 Å². The highest BCUT2D eigenvalue weighted by atomic mass is 31.2. The number of benzene rings is 3. The van der Waals surface area contributed by atoms with Gasteiger partial charge in [0.25, 0.3) is 0 Å². The minimum absolute atomic E-state index is 0.328. The van der Waals surface area contributed by atoms with Crippen LogP contribution in [0.25, 0.3) is 0 Å². The third-order valence-electron chi connectivity index (χ3n) is 6.21. The van der Waals surface area contributed by atoms with Gasteiger partial charge >= 0.3 is 7.60 Å². The maximum Gasteiger partial charge on any atom is 0.427 e. The number of aromatic hydroxyl groups is 1. The number of rotatable bonds is 2. The van der Waals surface area contributed by atoms with E-state index in [1.807, 2.05) is 52.0 Å². The summed E-state index contributed by atoms with van der Waals surface area (Å²) in [6.07, 6.45) is 0. The number of phenolic OH excluding ortho intramolecular Hbond substituents is 1. The van der Waals surface area contributed by atoms with Crippen molar-refractivity contribution in [3.8, 4) is 17.2 Å². The summed E-state index contributed by atoms with van der Waals surface area (Å²) in [7, 11) is -3.42. The zero-order valence-electron chi connectivity index (χ0n) is 21.2. The first-order valence-corrected chi connectivity index (χ1v) is 13.6. The van der Waals surface area contributed by atoms with Crippen molar-refractivity contribution < 1.29 is 18.7 Å². The average Bonchev–Trinajstić information content (AvgIpc) is 2.70. The van der Waals surface area contributed by atoms with E-state index < -0.39 is 7.60 Å². The quantitative estimate of drug-likeness (QED) is 0.400. The lowest BCUT2D eigenvalue weighted by atomic mass is 10.0. The highest BCUT2D eigenvalue weighted by Gasteiger charge is 2.29. The number of aryl methyl sites for hydroxylation is 6. The van der Waals surface area contributed by atoms with Gasteiger partial charge in [0.05, 0.1) is 6.66 Å². The van der Waals surface area contributed by atoms with E-state index in [4.69, 9.17) is 9.05 Å². The Kier molecular flexibility index (Phi) is 6.54. The fourth-order valence-electron chi connectivity index (χ4n) is 4.99. The lowest BCUT2D eigenvalue weighted by Crippen LogP contribution is -2.24. The van der Waals surface area contributed by atoms with Gasteiger partial charge in [0, 0.05) is 36.3 Å². The van der Waals surface area contributed by atoms with Crippen molar-refractivity contribution in [1.82, 2.24) is 4.90 Å². The summed E-state index contributed by atoms with van der Waals surface area (Å²) in [5, 5.41) is 10.8. The molecule has 0 fully saturated rings. The van der Waals surface area contributed by atoms with Crippen molar-refractivity contribution >= 4 is 7.60 Å². The van der Waals surface area contributed by atoms with E-state index in [1.54, 1.807) is 0 Å². The van der Waals surface area contributed by atoms with Gasteiger partial charge in [-0.15, -0.1) is 0 Å². The molecule has 1 aliphatic rings. The van der Waals surface area contributed by atoms with Crippen molar-refractivity contribution in [3.05, 3.63) is 86.5 Å². The first kappa shape index (κ1) is 24.4. The topological polar surface area (TPSA) is 59.0 Å². The predicted molar refractivity (Wildman–Crippen MR) is 137 cm³/mol. The zero-order valence-corrected chi connectivity index (χ0v) is 22.0. The van der Waals surface area contributed by atoms with E-state index in [-0.39, 0.29) is 0 Å². The standard InChI is InChI=1S/C28H34NO4P/c1-17-8-20(4)26(30)23(11-17)14-29-15-24-12-18(2)9-21(5)27(24)32-34(7,31)33-28-22(6)10-19(3)13-25(28)16-29/h8-13,30H,14-16H2,1-7H3. The molecule has 1 heterocycles. The van der Waals surface area contributed by atoms with Crippen molar-refractivity contribution in [2.24, 2.45) is 0 Å². The molecule has 0 unspecified atom stereocenters. The first-order valence-electron chi connectivity index (χ1n) is 11.6. The molecule has 0 radical (unpaired) electrons. The molecule has 5 nitrogen and oxygen atoms in total. The molecule has 0 aliphatic carbocycles. The van der Waals surface area contributed by atoms with E-state index in [9.17, 15) is 9.67 Å². The molecular formula is C28H34NO4P. The molecular weight excluding hydrogens is 445 g/mol. The average molecular weight is 480 g/mol. The Morgan fingerprint density at radius 2 is 1.21 bits per heavy atom. The molecule has 1 aliphatic heterocycles. The summed E-state index contributed by atoms with van der Waals surface area (Å²) >= 11 is 0. The van der Waals surface area contributed by atoms with Gasteiger partial charge in [0.1, 0.15) is 17.2 Å². The van der Waals surface area contributed by atoms with Crippen LogP contribution in [0.3, 0.4) is 0 Å². The summed E-state index contributed by atoms with van der Waals surface area (Å²) in [5.74, 6) is 1.55. The van der Waals surface area contributed by atoms with Gasteiger partial charge in [-0.2, -0.15) is 0 Å². The maximum atomic E-state index is 13.5. The Labute approximate surface area is 202 Å². The molecule has 0 atom stereocenters. The van der Waals surface area contributed by atoms with Gasteiger partial charge < -0.3 is 14.2 Å². The maximum absolute atomic E-state index is 13.5. The van der Waals surface area contributed by atoms with Crippen LogP contribution in [-0.2, 0) is 24.2 Å². The van der Waals surface area contributed by atoms with E-state index in [0.29, 0.717) is 36.9 Å². The molecule has 0 bridgehead atoms. The van der Waals surface area contributed by atoms with Crippen LogP contribution in [0.2, 0.25) is 0 Å². The lowest BCUT2D eigenvalue weighted by molar-refractivity contribution is 0.236. The van der Waals surface area contributed by atoms with Crippen LogP contribution in [0.15, 0.2) is 36.4 Å². The monoisotopic (exact) mass is 479 g/mol. The largest absolute Gasteiger partial charge is 0.507 e. The normalized spacial score (nSPS) is 15.6. The molecule has 0 aromatic heterocycles. The van der Waals surface area contributed by atoms with Crippen LogP contribution in [0.5, 0.6) is 17.2 Å². The van der Waals surface area contributed by atoms with Crippen molar-refractivity contribution in [1.29, 1.82) is 0 Å². The van der Waals surface area contributed by atoms with Crippen molar-refractivity contribution in [2.45, 2.75) is 61.2 Å². The van der Waals surface area contributed by atoms with Gasteiger partial charge in [-0.1, -0.05) is 53.1 Å². The second-order valence-electron chi connectivity index (χ2n) is 9.83. The fourth-order valence-corrected chi connectivity index (χ4v) is 6.21. The SMILES string of the molecule is Cc1cc(C)c(O)c(CN2Cc3cc(C)cc(C)c3OP(C)(=O)Oc3c(C)cc(C)cc3C2)c1. The second kappa shape index (κ2) is 9.13. The number of phenols is 1. The van der Waals surface area contributed by atoms with Gasteiger partial charge in [0.2, 0.25) is 0 Å². The Morgan fingerprint density at radius 3 is 1.71 bits per heavy atom. The molecule has 4 rings (SSSR count). The molecule has 0 saturated heterocycles. The number of fused-ring (bicyclic) bond motifs is 2. The minimum atomic E-state index is -3.42. The number of hydrogen-bond donors (Lipinski definition) is 1. The van der Waals surface area contributed by atoms with Crippen LogP contribution in [0.1, 0.15) is 50.1 Å². The van der Waals surface area contributed by atoms with Crippen molar-refractivity contribution in [2.75, 3.05) is 6.66 Å². The smallest absolute Gasteiger partial charge is 0.427 e. The van der Waals surface area contributed by atoms with Crippen LogP contribution >= 0.6 is 7.60 Å². The highest BCUT2D eigenvalue weighted by molar-refractivity contribution is 7.53. The Bertz CT molecular complexity index is 1250. The molecule has 0 saturated carbocycles. The van der Waals surface area contributed by atoms with Crippen LogP contribution in [0, 0.1) is 41.5 Å². The van der Waals surface area contributed by atoms with E-state index in [0.717, 1.165) is 50.1 Å². The minimum Gasteiger partial charge on any atom is -0.507 e. The molecule has 180 valence electrons. The highest BCUT2D eigenvalue weighted by Crippen LogP contribution is 2.50. The summed E-state index contributed by atoms with van der Waals surface area (Å²) < 4.78 is 25.7. The number of hydrogen-bond acceptors (Lipinski definition) is 5. The van der Waals surface area contributed by atoms with E-state index in [2.05, 4.69) is 30.9 Å². The third kappa shape index (κ3) is 5.16. The summed E-state index contributed by atoms with van der Waals surface area (Å²) in [6.45, 7) is 15.3. The molecule has 3 aromatic rings. The zero-order chi connectivity index (χ0) is 24.8. The van der Waals surface area contributed by atoms with Gasteiger partial charge in [-0.05, 0) is 58.2 Å². The number of nitrogens with zero attached hydrogens (tertiary/aromatic N) is 1. The molecule has 3 aromatic carbocycles. The van der Waals surface area contributed by atoms with Gasteiger partial charge in [0.15, 0.2) is 0 Å². The van der Waals surface area contributed by atoms with Crippen LogP contribution < -0.4 is 9.05 Å². The predicted octanol–water partition coefficient (Wildman–Crippen LogP) is 7.04. The lowest BCUT2D eigenvalue weighted by Gasteiger charge is -2.30. The Balaban J connectivity index is 1.87. The molecule has 6 heteroatoms. The van der Waals surface area contributed by atoms with Crippen LogP contribution in [-0.4, -0.2) is 16.7 Å². The van der Waals surface area contributed by atoms with E-state index >= 15 is 0 Å². The first-order chi connectivity index (χ1) is 15.9. The summed E-state index contributed by atoms with van der Waals surface area (Å²) in [4.78, 5) is 2.28. The van der Waals surface area contributed by atoms with Gasteiger partial charge in [-0.3, -0.25) is 4.90 Å². The summed E-state index contributed by atoms with van der Waals surface area (Å²) in [6, 6.07) is 12.3.